The molecule has 4 nitrogen and oxygen atoms in total. The maximum absolute atomic E-state index is 5.38. The van der Waals surface area contributed by atoms with Crippen LogP contribution in [-0.4, -0.2) is 19.1 Å². The summed E-state index contributed by atoms with van der Waals surface area (Å²) >= 11 is 0. The molecule has 0 fully saturated rings. The topological polar surface area (TPSA) is 35.6 Å². The lowest BCUT2D eigenvalue weighted by atomic mass is 9.99. The van der Waals surface area contributed by atoms with Gasteiger partial charge in [0, 0.05) is 38.2 Å². The Morgan fingerprint density at radius 1 is 0.293 bits per heavy atom. The zero-order chi connectivity index (χ0) is 38.2. The van der Waals surface area contributed by atoms with Gasteiger partial charge in [0.25, 0.3) is 0 Å². The number of hydrogen-bond donors (Lipinski definition) is 0. The number of rotatable bonds is 5. The van der Waals surface area contributed by atoms with Gasteiger partial charge in [0.1, 0.15) is 0 Å². The minimum absolute atomic E-state index is 0.653. The largest absolute Gasteiger partial charge is 0.309 e. The van der Waals surface area contributed by atoms with E-state index in [2.05, 4.69) is 215 Å². The Labute approximate surface area is 334 Å². The molecule has 0 spiro atoms. The fourth-order valence-electron chi connectivity index (χ4n) is 8.95. The summed E-state index contributed by atoms with van der Waals surface area (Å²) < 4.78 is 4.61. The molecule has 0 radical (unpaired) electrons. The van der Waals surface area contributed by atoms with E-state index in [0.717, 1.165) is 55.2 Å². The second-order valence-corrected chi connectivity index (χ2v) is 15.0. The molecule has 270 valence electrons. The maximum atomic E-state index is 5.38. The predicted octanol–water partition coefficient (Wildman–Crippen LogP) is 14.0. The molecule has 0 amide bonds. The van der Waals surface area contributed by atoms with Crippen LogP contribution in [0, 0.1) is 0 Å². The first-order valence-corrected chi connectivity index (χ1v) is 19.7. The van der Waals surface area contributed by atoms with Crippen LogP contribution in [0.4, 0.5) is 0 Å². The van der Waals surface area contributed by atoms with E-state index in [1.54, 1.807) is 0 Å². The van der Waals surface area contributed by atoms with E-state index in [1.165, 1.54) is 49.3 Å². The summed E-state index contributed by atoms with van der Waals surface area (Å²) in [7, 11) is 0. The molecule has 0 saturated heterocycles. The van der Waals surface area contributed by atoms with E-state index in [1.807, 2.05) is 0 Å². The van der Waals surface area contributed by atoms with Gasteiger partial charge in [-0.1, -0.05) is 152 Å². The van der Waals surface area contributed by atoms with E-state index in [-0.39, 0.29) is 0 Å². The first-order valence-electron chi connectivity index (χ1n) is 19.7. The number of para-hydroxylation sites is 4. The zero-order valence-electron chi connectivity index (χ0n) is 31.4. The van der Waals surface area contributed by atoms with Crippen molar-refractivity contribution in [1.29, 1.82) is 0 Å². The molecule has 0 aliphatic rings. The standard InChI is InChI=1S/C54H34N4/c1-2-14-42(15-3-1)57-49-20-10-7-16-43(49)45-30-28-41(34-52(45)57)40-29-31-51-47(33-40)44-17-8-11-21-50(44)58(51)54-55-48-19-9-6-18-46(48)53(56-54)37-25-22-36(23-26-37)39-27-24-35-12-4-5-13-38(35)32-39/h1-34H. The van der Waals surface area contributed by atoms with Gasteiger partial charge in [-0.05, 0) is 87.6 Å². The van der Waals surface area contributed by atoms with Crippen LogP contribution in [0.25, 0.3) is 110 Å². The van der Waals surface area contributed by atoms with Gasteiger partial charge in [-0.25, -0.2) is 9.97 Å². The Morgan fingerprint density at radius 2 is 0.845 bits per heavy atom. The molecule has 0 aliphatic carbocycles. The quantitative estimate of drug-likeness (QED) is 0.176. The average Bonchev–Trinajstić information content (AvgIpc) is 3.81. The van der Waals surface area contributed by atoms with Crippen molar-refractivity contribution in [2.24, 2.45) is 0 Å². The lowest BCUT2D eigenvalue weighted by Gasteiger charge is -2.12. The van der Waals surface area contributed by atoms with Gasteiger partial charge in [0.05, 0.1) is 33.3 Å². The van der Waals surface area contributed by atoms with Gasteiger partial charge in [0.15, 0.2) is 0 Å². The van der Waals surface area contributed by atoms with Crippen molar-refractivity contribution in [1.82, 2.24) is 19.1 Å². The Kier molecular flexibility index (Phi) is 7.20. The van der Waals surface area contributed by atoms with E-state index in [9.17, 15) is 0 Å². The number of fused-ring (bicyclic) bond motifs is 8. The molecule has 12 rings (SSSR count). The van der Waals surface area contributed by atoms with Gasteiger partial charge in [-0.3, -0.25) is 4.57 Å². The van der Waals surface area contributed by atoms with Crippen LogP contribution in [0.1, 0.15) is 0 Å². The highest BCUT2D eigenvalue weighted by Crippen LogP contribution is 2.39. The Bertz CT molecular complexity index is 3560. The monoisotopic (exact) mass is 738 g/mol. The summed E-state index contributed by atoms with van der Waals surface area (Å²) in [4.78, 5) is 10.6. The molecule has 58 heavy (non-hydrogen) atoms. The Balaban J connectivity index is 1.00. The molecule has 12 aromatic rings. The minimum atomic E-state index is 0.653. The maximum Gasteiger partial charge on any atom is 0.235 e. The van der Waals surface area contributed by atoms with Crippen molar-refractivity contribution in [3.63, 3.8) is 0 Å². The highest BCUT2D eigenvalue weighted by Gasteiger charge is 2.19. The molecule has 0 aliphatic heterocycles. The molecule has 0 atom stereocenters. The summed E-state index contributed by atoms with van der Waals surface area (Å²) in [5.41, 5.74) is 13.3. The van der Waals surface area contributed by atoms with Crippen LogP contribution in [0.5, 0.6) is 0 Å². The third-order valence-corrected chi connectivity index (χ3v) is 11.7. The molecular formula is C54H34N4. The second kappa shape index (κ2) is 12.9. The lowest BCUT2D eigenvalue weighted by Crippen LogP contribution is -2.03. The number of hydrogen-bond acceptors (Lipinski definition) is 2. The molecule has 4 heteroatoms. The molecule has 0 saturated carbocycles. The van der Waals surface area contributed by atoms with E-state index in [0.29, 0.717) is 5.95 Å². The first-order chi connectivity index (χ1) is 28.7. The van der Waals surface area contributed by atoms with Crippen molar-refractivity contribution >= 4 is 65.3 Å². The summed E-state index contributed by atoms with van der Waals surface area (Å²) in [6, 6.07) is 73.9. The SMILES string of the molecule is c1ccc(-n2c3ccccc3c3ccc(-c4ccc5c(c4)c4ccccc4n5-c4nc(-c5ccc(-c6ccc7ccccc7c6)cc5)c5ccccc5n4)cc32)cc1. The van der Waals surface area contributed by atoms with Crippen LogP contribution in [0.2, 0.25) is 0 Å². The summed E-state index contributed by atoms with van der Waals surface area (Å²) in [5.74, 6) is 0.653. The number of benzene rings is 9. The van der Waals surface area contributed by atoms with Gasteiger partial charge in [0.2, 0.25) is 5.95 Å². The first kappa shape index (κ1) is 32.4. The summed E-state index contributed by atoms with van der Waals surface area (Å²) in [5, 5.41) is 8.33. The van der Waals surface area contributed by atoms with Crippen LogP contribution in [0.3, 0.4) is 0 Å². The van der Waals surface area contributed by atoms with Gasteiger partial charge >= 0.3 is 0 Å². The third kappa shape index (κ3) is 5.09. The van der Waals surface area contributed by atoms with Crippen LogP contribution in [-0.2, 0) is 0 Å². The molecule has 0 N–H and O–H groups in total. The highest BCUT2D eigenvalue weighted by atomic mass is 15.2. The number of nitrogens with zero attached hydrogens (tertiary/aromatic N) is 4. The van der Waals surface area contributed by atoms with Crippen LogP contribution in [0.15, 0.2) is 206 Å². The highest BCUT2D eigenvalue weighted by molar-refractivity contribution is 6.12. The molecular weight excluding hydrogens is 705 g/mol. The zero-order valence-corrected chi connectivity index (χ0v) is 31.4. The molecule has 3 heterocycles. The summed E-state index contributed by atoms with van der Waals surface area (Å²) in [6.45, 7) is 0. The Morgan fingerprint density at radius 3 is 1.67 bits per heavy atom. The van der Waals surface area contributed by atoms with Crippen LogP contribution >= 0.6 is 0 Å². The second-order valence-electron chi connectivity index (χ2n) is 15.0. The fourth-order valence-corrected chi connectivity index (χ4v) is 8.95. The lowest BCUT2D eigenvalue weighted by molar-refractivity contribution is 1.01. The average molecular weight is 739 g/mol. The van der Waals surface area contributed by atoms with Crippen LogP contribution < -0.4 is 0 Å². The minimum Gasteiger partial charge on any atom is -0.309 e. The van der Waals surface area contributed by atoms with Gasteiger partial charge in [-0.15, -0.1) is 0 Å². The molecule has 3 aromatic heterocycles. The molecule has 0 unspecified atom stereocenters. The predicted molar refractivity (Wildman–Crippen MR) is 242 cm³/mol. The van der Waals surface area contributed by atoms with E-state index >= 15 is 0 Å². The van der Waals surface area contributed by atoms with Crippen molar-refractivity contribution in [2.45, 2.75) is 0 Å². The van der Waals surface area contributed by atoms with Crippen molar-refractivity contribution in [3.05, 3.63) is 206 Å². The van der Waals surface area contributed by atoms with Crippen molar-refractivity contribution in [3.8, 4) is 45.1 Å². The third-order valence-electron chi connectivity index (χ3n) is 11.7. The fraction of sp³-hybridized carbons (Fsp3) is 0. The van der Waals surface area contributed by atoms with E-state index < -0.39 is 0 Å². The Hall–Kier alpha value is -7.82. The van der Waals surface area contributed by atoms with Crippen molar-refractivity contribution in [2.75, 3.05) is 0 Å². The molecule has 9 aromatic carbocycles. The van der Waals surface area contributed by atoms with E-state index in [4.69, 9.17) is 9.97 Å². The summed E-state index contributed by atoms with van der Waals surface area (Å²) in [6.07, 6.45) is 0. The molecule has 0 bridgehead atoms. The normalized spacial score (nSPS) is 11.8. The number of aromatic nitrogens is 4. The smallest absolute Gasteiger partial charge is 0.235 e. The van der Waals surface area contributed by atoms with Crippen molar-refractivity contribution < 1.29 is 0 Å². The van der Waals surface area contributed by atoms with Gasteiger partial charge in [-0.2, -0.15) is 0 Å². The van der Waals surface area contributed by atoms with Gasteiger partial charge < -0.3 is 4.57 Å².